The van der Waals surface area contributed by atoms with E-state index < -0.39 is 0 Å². The summed E-state index contributed by atoms with van der Waals surface area (Å²) in [4.78, 5) is 2.48. The Bertz CT molecular complexity index is 323. The van der Waals surface area contributed by atoms with Crippen molar-refractivity contribution < 1.29 is 4.74 Å². The van der Waals surface area contributed by atoms with Crippen LogP contribution >= 0.6 is 11.8 Å². The lowest BCUT2D eigenvalue weighted by molar-refractivity contribution is 0.221. The minimum absolute atomic E-state index is 0.801. The predicted octanol–water partition coefficient (Wildman–Crippen LogP) is 2.42. The molecule has 0 amide bonds. The van der Waals surface area contributed by atoms with Crippen LogP contribution in [0.4, 0.5) is 0 Å². The van der Waals surface area contributed by atoms with Crippen LogP contribution in [0.2, 0.25) is 0 Å². The molecule has 0 saturated carbocycles. The van der Waals surface area contributed by atoms with Crippen molar-refractivity contribution >= 4 is 11.8 Å². The molecule has 0 N–H and O–H groups in total. The molecule has 2 rings (SSSR count). The van der Waals surface area contributed by atoms with Crippen LogP contribution in [0, 0.1) is 6.92 Å². The number of hydrogen-bond donors (Lipinski definition) is 0. The molecule has 0 aliphatic carbocycles. The highest BCUT2D eigenvalue weighted by molar-refractivity contribution is 7.99. The molecule has 0 aromatic heterocycles. The van der Waals surface area contributed by atoms with E-state index in [4.69, 9.17) is 4.74 Å². The van der Waals surface area contributed by atoms with E-state index in [9.17, 15) is 0 Å². The van der Waals surface area contributed by atoms with Gasteiger partial charge in [-0.2, -0.15) is 11.8 Å². The SMILES string of the molecule is Cc1ccccc1OCCN1CCSCC1. The van der Waals surface area contributed by atoms with Crippen LogP contribution in [0.1, 0.15) is 5.56 Å². The molecule has 1 fully saturated rings. The highest BCUT2D eigenvalue weighted by atomic mass is 32.2. The quantitative estimate of drug-likeness (QED) is 0.798. The predicted molar refractivity (Wildman–Crippen MR) is 70.4 cm³/mol. The fourth-order valence-corrected chi connectivity index (χ4v) is 2.81. The van der Waals surface area contributed by atoms with E-state index in [2.05, 4.69) is 17.9 Å². The monoisotopic (exact) mass is 237 g/mol. The van der Waals surface area contributed by atoms with Gasteiger partial charge in [0.05, 0.1) is 0 Å². The maximum atomic E-state index is 5.79. The topological polar surface area (TPSA) is 12.5 Å². The highest BCUT2D eigenvalue weighted by Gasteiger charge is 2.09. The van der Waals surface area contributed by atoms with Crippen LogP contribution in [0.3, 0.4) is 0 Å². The van der Waals surface area contributed by atoms with Gasteiger partial charge in [-0.15, -0.1) is 0 Å². The number of benzene rings is 1. The van der Waals surface area contributed by atoms with Gasteiger partial charge in [0, 0.05) is 31.1 Å². The van der Waals surface area contributed by atoms with Crippen LogP contribution in [0.15, 0.2) is 24.3 Å². The molecule has 0 atom stereocenters. The van der Waals surface area contributed by atoms with Gasteiger partial charge in [0.2, 0.25) is 0 Å². The van der Waals surface area contributed by atoms with Crippen LogP contribution in [0.5, 0.6) is 5.75 Å². The second-order valence-electron chi connectivity index (χ2n) is 4.07. The summed E-state index contributed by atoms with van der Waals surface area (Å²) in [6, 6.07) is 8.21. The summed E-state index contributed by atoms with van der Waals surface area (Å²) in [5.74, 6) is 3.56. The third-order valence-electron chi connectivity index (χ3n) is 2.86. The van der Waals surface area contributed by atoms with E-state index in [1.807, 2.05) is 30.0 Å². The first-order chi connectivity index (χ1) is 7.86. The van der Waals surface area contributed by atoms with Crippen molar-refractivity contribution in [3.8, 4) is 5.75 Å². The van der Waals surface area contributed by atoms with Crippen molar-refractivity contribution in [2.75, 3.05) is 37.7 Å². The molecule has 1 aromatic carbocycles. The number of ether oxygens (including phenoxy) is 1. The Hall–Kier alpha value is -0.670. The first-order valence-corrected chi connectivity index (χ1v) is 7.00. The third-order valence-corrected chi connectivity index (χ3v) is 3.80. The number of para-hydroxylation sites is 1. The summed E-state index contributed by atoms with van der Waals surface area (Å²) in [6.45, 7) is 6.36. The summed E-state index contributed by atoms with van der Waals surface area (Å²) in [5.41, 5.74) is 1.22. The van der Waals surface area contributed by atoms with Gasteiger partial charge in [0.1, 0.15) is 12.4 Å². The molecule has 1 aliphatic rings. The zero-order chi connectivity index (χ0) is 11.2. The second-order valence-corrected chi connectivity index (χ2v) is 5.29. The van der Waals surface area contributed by atoms with Crippen LogP contribution in [0.25, 0.3) is 0 Å². The van der Waals surface area contributed by atoms with Gasteiger partial charge in [0.25, 0.3) is 0 Å². The Morgan fingerprint density at radius 1 is 1.25 bits per heavy atom. The highest BCUT2D eigenvalue weighted by Crippen LogP contribution is 2.16. The normalized spacial score (nSPS) is 17.3. The molecule has 2 nitrogen and oxygen atoms in total. The van der Waals surface area contributed by atoms with Crippen molar-refractivity contribution in [3.63, 3.8) is 0 Å². The van der Waals surface area contributed by atoms with E-state index in [0.717, 1.165) is 18.9 Å². The Kier molecular flexibility index (Phi) is 4.55. The molecule has 0 spiro atoms. The second kappa shape index (κ2) is 6.16. The summed E-state index contributed by atoms with van der Waals surface area (Å²) >= 11 is 2.05. The smallest absolute Gasteiger partial charge is 0.122 e. The molecule has 1 aromatic rings. The van der Waals surface area contributed by atoms with E-state index in [-0.39, 0.29) is 0 Å². The minimum Gasteiger partial charge on any atom is -0.492 e. The van der Waals surface area contributed by atoms with Crippen molar-refractivity contribution in [3.05, 3.63) is 29.8 Å². The molecule has 88 valence electrons. The fraction of sp³-hybridized carbons (Fsp3) is 0.538. The number of aryl methyl sites for hydroxylation is 1. The number of rotatable bonds is 4. The Morgan fingerprint density at radius 3 is 2.75 bits per heavy atom. The standard InChI is InChI=1S/C13H19NOS/c1-12-4-2-3-5-13(12)15-9-6-14-7-10-16-11-8-14/h2-5H,6-11H2,1H3. The molecule has 1 saturated heterocycles. The zero-order valence-corrected chi connectivity index (χ0v) is 10.6. The first-order valence-electron chi connectivity index (χ1n) is 5.85. The largest absolute Gasteiger partial charge is 0.492 e. The summed E-state index contributed by atoms with van der Waals surface area (Å²) in [7, 11) is 0. The van der Waals surface area contributed by atoms with Crippen molar-refractivity contribution in [2.24, 2.45) is 0 Å². The van der Waals surface area contributed by atoms with Crippen LogP contribution < -0.4 is 4.74 Å². The lowest BCUT2D eigenvalue weighted by Gasteiger charge is -2.26. The Labute approximate surface area is 102 Å². The molecule has 0 radical (unpaired) electrons. The van der Waals surface area contributed by atoms with E-state index >= 15 is 0 Å². The van der Waals surface area contributed by atoms with Gasteiger partial charge < -0.3 is 4.74 Å². The van der Waals surface area contributed by atoms with Crippen molar-refractivity contribution in [1.82, 2.24) is 4.90 Å². The zero-order valence-electron chi connectivity index (χ0n) is 9.82. The maximum absolute atomic E-state index is 5.79. The van der Waals surface area contributed by atoms with Gasteiger partial charge in [-0.25, -0.2) is 0 Å². The van der Waals surface area contributed by atoms with Crippen molar-refractivity contribution in [2.45, 2.75) is 6.92 Å². The minimum atomic E-state index is 0.801. The van der Waals surface area contributed by atoms with Gasteiger partial charge in [-0.05, 0) is 18.6 Å². The maximum Gasteiger partial charge on any atom is 0.122 e. The first kappa shape index (κ1) is 11.8. The number of thioether (sulfide) groups is 1. The lowest BCUT2D eigenvalue weighted by atomic mass is 10.2. The van der Waals surface area contributed by atoms with Gasteiger partial charge in [-0.1, -0.05) is 18.2 Å². The summed E-state index contributed by atoms with van der Waals surface area (Å²) in [6.07, 6.45) is 0. The van der Waals surface area contributed by atoms with Crippen LogP contribution in [-0.4, -0.2) is 42.6 Å². The van der Waals surface area contributed by atoms with Crippen LogP contribution in [-0.2, 0) is 0 Å². The molecule has 0 bridgehead atoms. The molecular formula is C13H19NOS. The molecule has 1 aliphatic heterocycles. The Morgan fingerprint density at radius 2 is 2.00 bits per heavy atom. The Balaban J connectivity index is 1.73. The molecule has 0 unspecified atom stereocenters. The molecular weight excluding hydrogens is 218 g/mol. The van der Waals surface area contributed by atoms with Gasteiger partial charge >= 0.3 is 0 Å². The number of hydrogen-bond acceptors (Lipinski definition) is 3. The van der Waals surface area contributed by atoms with Gasteiger partial charge in [-0.3, -0.25) is 4.90 Å². The van der Waals surface area contributed by atoms with E-state index in [1.54, 1.807) is 0 Å². The van der Waals surface area contributed by atoms with Crippen molar-refractivity contribution in [1.29, 1.82) is 0 Å². The molecule has 1 heterocycles. The van der Waals surface area contributed by atoms with Gasteiger partial charge in [0.15, 0.2) is 0 Å². The average Bonchev–Trinajstić information content (AvgIpc) is 2.33. The van der Waals surface area contributed by atoms with E-state index in [0.29, 0.717) is 0 Å². The lowest BCUT2D eigenvalue weighted by Crippen LogP contribution is -2.35. The fourth-order valence-electron chi connectivity index (χ4n) is 1.83. The number of nitrogens with zero attached hydrogens (tertiary/aromatic N) is 1. The molecule has 3 heteroatoms. The summed E-state index contributed by atoms with van der Waals surface area (Å²) in [5, 5.41) is 0. The van der Waals surface area contributed by atoms with E-state index in [1.165, 1.54) is 30.2 Å². The summed E-state index contributed by atoms with van der Waals surface area (Å²) < 4.78 is 5.79. The third kappa shape index (κ3) is 3.42. The average molecular weight is 237 g/mol. The molecule has 16 heavy (non-hydrogen) atoms.